The van der Waals surface area contributed by atoms with Crippen molar-refractivity contribution in [2.45, 2.75) is 11.5 Å². The van der Waals surface area contributed by atoms with Gasteiger partial charge in [-0.25, -0.2) is 0 Å². The van der Waals surface area contributed by atoms with Gasteiger partial charge in [0.1, 0.15) is 6.61 Å². The summed E-state index contributed by atoms with van der Waals surface area (Å²) in [7, 11) is 2.82. The van der Waals surface area contributed by atoms with Gasteiger partial charge in [-0.2, -0.15) is 0 Å². The third-order valence-corrected chi connectivity index (χ3v) is 7.55. The molecular formula is C18H23ClI3N3O7. The van der Waals surface area contributed by atoms with Crippen molar-refractivity contribution in [3.05, 3.63) is 21.8 Å². The number of amides is 3. The van der Waals surface area contributed by atoms with Crippen molar-refractivity contribution in [1.82, 2.24) is 10.2 Å². The topological polar surface area (TPSA) is 148 Å². The zero-order valence-corrected chi connectivity index (χ0v) is 24.4. The molecule has 10 nitrogen and oxygen atoms in total. The van der Waals surface area contributed by atoms with Crippen molar-refractivity contribution in [1.29, 1.82) is 0 Å². The average molecular weight is 810 g/mol. The van der Waals surface area contributed by atoms with Gasteiger partial charge >= 0.3 is 0 Å². The number of nitrogens with zero attached hydrogens (tertiary/aromatic N) is 1. The first-order chi connectivity index (χ1) is 15.0. The highest BCUT2D eigenvalue weighted by atomic mass is 127. The third kappa shape index (κ3) is 8.02. The highest BCUT2D eigenvalue weighted by molar-refractivity contribution is 14.1. The number of alkyl halides is 1. The Labute approximate surface area is 231 Å². The number of likely N-dealkylation sites (N-methyl/N-ethyl adjacent to an activating group) is 1. The van der Waals surface area contributed by atoms with E-state index in [9.17, 15) is 19.5 Å². The van der Waals surface area contributed by atoms with E-state index in [-0.39, 0.29) is 43.1 Å². The first kappa shape index (κ1) is 30.0. The fraction of sp³-hybridized carbons (Fsp3) is 0.500. The van der Waals surface area contributed by atoms with E-state index in [0.717, 1.165) is 0 Å². The van der Waals surface area contributed by atoms with Gasteiger partial charge in [0.25, 0.3) is 11.8 Å². The fourth-order valence-corrected chi connectivity index (χ4v) is 6.94. The van der Waals surface area contributed by atoms with E-state index >= 15 is 0 Å². The standard InChI is InChI=1S/C18H23ClI3N3O7/c1-25(4-9(28)6-27)18(31)12-13(20)11(17(30)23-3-8(19)5-26)14(21)16(15(12)22)24-10(29)7-32-2/h8-9,26-28H,3-7H2,1-2H3,(H,23,30)(H,24,29). The molecular weight excluding hydrogens is 786 g/mol. The summed E-state index contributed by atoms with van der Waals surface area (Å²) in [5, 5.41) is 32.5. The lowest BCUT2D eigenvalue weighted by Gasteiger charge is -2.24. The van der Waals surface area contributed by atoms with Crippen LogP contribution in [0.5, 0.6) is 0 Å². The quantitative estimate of drug-likeness (QED) is 0.165. The summed E-state index contributed by atoms with van der Waals surface area (Å²) >= 11 is 11.6. The maximum absolute atomic E-state index is 13.2. The van der Waals surface area contributed by atoms with Crippen molar-refractivity contribution in [2.75, 3.05) is 52.4 Å². The molecule has 0 saturated carbocycles. The number of aliphatic hydroxyl groups excluding tert-OH is 3. The molecule has 2 atom stereocenters. The molecule has 0 bridgehead atoms. The van der Waals surface area contributed by atoms with Crippen LogP contribution in [0.2, 0.25) is 0 Å². The van der Waals surface area contributed by atoms with Crippen molar-refractivity contribution >= 4 is 103 Å². The van der Waals surface area contributed by atoms with Crippen molar-refractivity contribution in [3.8, 4) is 0 Å². The molecule has 32 heavy (non-hydrogen) atoms. The Morgan fingerprint density at radius 1 is 1.09 bits per heavy atom. The normalized spacial score (nSPS) is 12.8. The highest BCUT2D eigenvalue weighted by Crippen LogP contribution is 2.36. The minimum absolute atomic E-state index is 0.00766. The number of methoxy groups -OCH3 is 1. The van der Waals surface area contributed by atoms with Crippen LogP contribution in [0, 0.1) is 10.7 Å². The van der Waals surface area contributed by atoms with Gasteiger partial charge in [-0.15, -0.1) is 11.6 Å². The molecule has 0 spiro atoms. The van der Waals surface area contributed by atoms with Gasteiger partial charge in [-0.05, 0) is 67.8 Å². The monoisotopic (exact) mass is 809 g/mol. The van der Waals surface area contributed by atoms with Gasteiger partial charge in [0.15, 0.2) is 0 Å². The number of nitrogens with one attached hydrogen (secondary N) is 2. The highest BCUT2D eigenvalue weighted by Gasteiger charge is 2.30. The number of hydrogen-bond acceptors (Lipinski definition) is 7. The average Bonchev–Trinajstić information content (AvgIpc) is 2.74. The van der Waals surface area contributed by atoms with Crippen LogP contribution in [0.4, 0.5) is 5.69 Å². The maximum atomic E-state index is 13.2. The molecule has 0 aromatic heterocycles. The Bertz CT molecular complexity index is 860. The van der Waals surface area contributed by atoms with E-state index < -0.39 is 35.8 Å². The van der Waals surface area contributed by atoms with Crippen LogP contribution in [-0.4, -0.2) is 96.5 Å². The predicted molar refractivity (Wildman–Crippen MR) is 144 cm³/mol. The number of halogens is 4. The molecule has 5 N–H and O–H groups in total. The van der Waals surface area contributed by atoms with Crippen molar-refractivity contribution in [3.63, 3.8) is 0 Å². The van der Waals surface area contributed by atoms with E-state index in [0.29, 0.717) is 10.7 Å². The van der Waals surface area contributed by atoms with Crippen LogP contribution in [0.3, 0.4) is 0 Å². The summed E-state index contributed by atoms with van der Waals surface area (Å²) in [6.07, 6.45) is -1.13. The van der Waals surface area contributed by atoms with Crippen molar-refractivity contribution < 1.29 is 34.4 Å². The predicted octanol–water partition coefficient (Wildman–Crippen LogP) is 0.840. The third-order valence-electron chi connectivity index (χ3n) is 4.02. The number of rotatable bonds is 11. The number of carbonyl (C=O) groups excluding carboxylic acids is 3. The lowest BCUT2D eigenvalue weighted by atomic mass is 10.1. The van der Waals surface area contributed by atoms with E-state index in [1.807, 2.05) is 67.8 Å². The van der Waals surface area contributed by atoms with Crippen LogP contribution in [0.15, 0.2) is 0 Å². The van der Waals surface area contributed by atoms with E-state index in [1.165, 1.54) is 19.1 Å². The second kappa shape index (κ2) is 14.4. The lowest BCUT2D eigenvalue weighted by molar-refractivity contribution is -0.119. The number of ether oxygens (including phenoxy) is 1. The Hall–Kier alpha value is -0.0500. The lowest BCUT2D eigenvalue weighted by Crippen LogP contribution is -2.38. The summed E-state index contributed by atoms with van der Waals surface area (Å²) < 4.78 is 5.99. The minimum Gasteiger partial charge on any atom is -0.395 e. The van der Waals surface area contributed by atoms with Gasteiger partial charge in [-0.3, -0.25) is 14.4 Å². The number of anilines is 1. The van der Waals surface area contributed by atoms with E-state index in [1.54, 1.807) is 0 Å². The summed E-state index contributed by atoms with van der Waals surface area (Å²) in [5.74, 6) is -1.52. The molecule has 2 unspecified atom stereocenters. The molecule has 1 aromatic carbocycles. The Morgan fingerprint density at radius 2 is 1.69 bits per heavy atom. The number of benzene rings is 1. The van der Waals surface area contributed by atoms with Gasteiger partial charge < -0.3 is 35.6 Å². The second-order valence-electron chi connectivity index (χ2n) is 6.56. The smallest absolute Gasteiger partial charge is 0.255 e. The molecule has 0 radical (unpaired) electrons. The van der Waals surface area contributed by atoms with Crippen LogP contribution in [0.1, 0.15) is 20.7 Å². The van der Waals surface area contributed by atoms with Gasteiger partial charge in [0.05, 0.1) is 48.6 Å². The summed E-state index contributed by atoms with van der Waals surface area (Å²) in [5.41, 5.74) is 0.574. The zero-order valence-electron chi connectivity index (χ0n) is 17.1. The Balaban J connectivity index is 3.57. The minimum atomic E-state index is -1.13. The van der Waals surface area contributed by atoms with Crippen LogP contribution in [-0.2, 0) is 9.53 Å². The fourth-order valence-electron chi connectivity index (χ4n) is 2.47. The molecule has 0 aliphatic heterocycles. The van der Waals surface area contributed by atoms with E-state index in [4.69, 9.17) is 26.6 Å². The van der Waals surface area contributed by atoms with Crippen LogP contribution >= 0.6 is 79.4 Å². The molecule has 0 aliphatic carbocycles. The molecule has 1 aromatic rings. The Morgan fingerprint density at radius 3 is 2.22 bits per heavy atom. The van der Waals surface area contributed by atoms with E-state index in [2.05, 4.69) is 10.6 Å². The van der Waals surface area contributed by atoms with Crippen LogP contribution < -0.4 is 10.6 Å². The largest absolute Gasteiger partial charge is 0.395 e. The molecule has 14 heteroatoms. The Kier molecular flexibility index (Phi) is 13.5. The van der Waals surface area contributed by atoms with Crippen LogP contribution in [0.25, 0.3) is 0 Å². The van der Waals surface area contributed by atoms with Gasteiger partial charge in [0, 0.05) is 30.8 Å². The first-order valence-electron chi connectivity index (χ1n) is 9.06. The number of aliphatic hydroxyl groups is 3. The summed E-state index contributed by atoms with van der Waals surface area (Å²) in [6.45, 7) is -1.22. The maximum Gasteiger partial charge on any atom is 0.255 e. The van der Waals surface area contributed by atoms with Gasteiger partial charge in [0.2, 0.25) is 5.91 Å². The summed E-state index contributed by atoms with van der Waals surface area (Å²) in [6, 6.07) is 0. The molecule has 0 saturated heterocycles. The molecule has 180 valence electrons. The molecule has 1 rings (SSSR count). The molecule has 0 aliphatic rings. The zero-order chi connectivity index (χ0) is 24.6. The molecule has 0 fully saturated rings. The number of carbonyl (C=O) groups is 3. The number of hydrogen-bond donors (Lipinski definition) is 5. The SMILES string of the molecule is COCC(=O)Nc1c(I)c(C(=O)NCC(Cl)CO)c(I)c(C(=O)N(C)CC(O)CO)c1I. The second-order valence-corrected chi connectivity index (χ2v) is 10.4. The molecule has 3 amide bonds. The first-order valence-corrected chi connectivity index (χ1v) is 12.7. The molecule has 0 heterocycles. The summed E-state index contributed by atoms with van der Waals surface area (Å²) in [4.78, 5) is 39.6. The van der Waals surface area contributed by atoms with Gasteiger partial charge in [-0.1, -0.05) is 0 Å². The van der Waals surface area contributed by atoms with Crippen molar-refractivity contribution in [2.24, 2.45) is 0 Å².